The van der Waals surface area contributed by atoms with Crippen LogP contribution in [0, 0.1) is 11.3 Å². The number of aromatic nitrogens is 1. The molecule has 0 saturated heterocycles. The molecule has 1 heterocycles. The van der Waals surface area contributed by atoms with Gasteiger partial charge in [-0.3, -0.25) is 4.79 Å². The maximum absolute atomic E-state index is 12.4. The number of hydrogen-bond acceptors (Lipinski definition) is 5. The highest BCUT2D eigenvalue weighted by molar-refractivity contribution is 8.00. The molecule has 0 unspecified atom stereocenters. The average Bonchev–Trinajstić information content (AvgIpc) is 2.80. The predicted molar refractivity (Wildman–Crippen MR) is 119 cm³/mol. The van der Waals surface area contributed by atoms with Crippen LogP contribution in [0.2, 0.25) is 0 Å². The van der Waals surface area contributed by atoms with Crippen LogP contribution in [-0.4, -0.2) is 23.1 Å². The Morgan fingerprint density at radius 1 is 1.07 bits per heavy atom. The lowest BCUT2D eigenvalue weighted by atomic mass is 9.99. The van der Waals surface area contributed by atoms with E-state index in [0.717, 1.165) is 47.4 Å². The Hall–Kier alpha value is -3.10. The fourth-order valence-electron chi connectivity index (χ4n) is 3.68. The Kier molecular flexibility index (Phi) is 6.15. The second-order valence-electron chi connectivity index (χ2n) is 7.26. The van der Waals surface area contributed by atoms with E-state index in [1.54, 1.807) is 7.11 Å². The average molecular weight is 415 g/mol. The molecule has 0 spiro atoms. The summed E-state index contributed by atoms with van der Waals surface area (Å²) in [5, 5.41) is 10.5. The van der Waals surface area contributed by atoms with Gasteiger partial charge in [0.15, 0.2) is 0 Å². The smallest absolute Gasteiger partial charge is 0.146 e. The lowest BCUT2D eigenvalue weighted by Crippen LogP contribution is -2.21. The molecule has 0 amide bonds. The zero-order valence-corrected chi connectivity index (χ0v) is 17.6. The molecule has 4 rings (SSSR count). The number of Topliss-reactive ketones (excluding diaryl/α,β-unsaturated/α-hetero) is 1. The zero-order valence-electron chi connectivity index (χ0n) is 16.8. The van der Waals surface area contributed by atoms with Crippen molar-refractivity contribution in [2.24, 2.45) is 0 Å². The van der Waals surface area contributed by atoms with Crippen LogP contribution in [0.4, 0.5) is 0 Å². The third-order valence-electron chi connectivity index (χ3n) is 5.32. The van der Waals surface area contributed by atoms with Crippen molar-refractivity contribution in [2.45, 2.75) is 36.0 Å². The molecule has 1 atom stereocenters. The largest absolute Gasteiger partial charge is 0.497 e. The van der Waals surface area contributed by atoms with Gasteiger partial charge in [-0.05, 0) is 48.7 Å². The third kappa shape index (κ3) is 4.24. The molecule has 150 valence electrons. The van der Waals surface area contributed by atoms with Gasteiger partial charge < -0.3 is 4.74 Å². The highest BCUT2D eigenvalue weighted by atomic mass is 32.2. The molecule has 0 N–H and O–H groups in total. The van der Waals surface area contributed by atoms with Crippen LogP contribution in [0.3, 0.4) is 0 Å². The van der Waals surface area contributed by atoms with Gasteiger partial charge in [0.2, 0.25) is 0 Å². The van der Waals surface area contributed by atoms with Gasteiger partial charge in [0.25, 0.3) is 0 Å². The molecule has 1 aliphatic rings. The van der Waals surface area contributed by atoms with Crippen LogP contribution in [-0.2, 0) is 4.79 Å². The van der Waals surface area contributed by atoms with Crippen LogP contribution in [0.5, 0.6) is 5.75 Å². The van der Waals surface area contributed by atoms with Crippen LogP contribution in [0.1, 0.15) is 31.2 Å². The number of methoxy groups -OCH3 is 1. The molecule has 4 nitrogen and oxygen atoms in total. The van der Waals surface area contributed by atoms with E-state index >= 15 is 0 Å². The number of thioether (sulfide) groups is 1. The first-order chi connectivity index (χ1) is 14.7. The van der Waals surface area contributed by atoms with E-state index in [1.807, 2.05) is 60.7 Å². The highest BCUT2D eigenvalue weighted by Crippen LogP contribution is 2.38. The van der Waals surface area contributed by atoms with Gasteiger partial charge in [0.05, 0.1) is 23.6 Å². The van der Waals surface area contributed by atoms with E-state index in [9.17, 15) is 10.1 Å². The van der Waals surface area contributed by atoms with Gasteiger partial charge in [0.1, 0.15) is 22.6 Å². The molecular formula is C25H22N2O2S. The lowest BCUT2D eigenvalue weighted by molar-refractivity contribution is -0.119. The molecule has 1 fully saturated rings. The first-order valence-corrected chi connectivity index (χ1v) is 10.9. The van der Waals surface area contributed by atoms with E-state index in [2.05, 4.69) is 6.07 Å². The number of rotatable bonds is 5. The summed E-state index contributed by atoms with van der Waals surface area (Å²) < 4.78 is 5.27. The van der Waals surface area contributed by atoms with Gasteiger partial charge in [-0.25, -0.2) is 4.98 Å². The predicted octanol–water partition coefficient (Wildman–Crippen LogP) is 5.90. The number of carbonyl (C=O) groups is 1. The number of ketones is 1. The SMILES string of the molecule is COc1ccc(-c2cc(-c3ccccc3)c(C#N)c(S[C@H]3CCCCC3=O)n2)cc1. The molecule has 5 heteroatoms. The second-order valence-corrected chi connectivity index (χ2v) is 8.45. The van der Waals surface area contributed by atoms with Gasteiger partial charge in [-0.2, -0.15) is 5.26 Å². The van der Waals surface area contributed by atoms with Crippen molar-refractivity contribution in [2.75, 3.05) is 7.11 Å². The van der Waals surface area contributed by atoms with Gasteiger partial charge >= 0.3 is 0 Å². The fraction of sp³-hybridized carbons (Fsp3) is 0.240. The number of hydrogen-bond donors (Lipinski definition) is 0. The van der Waals surface area contributed by atoms with Crippen molar-refractivity contribution in [3.05, 3.63) is 66.2 Å². The maximum Gasteiger partial charge on any atom is 0.146 e. The minimum absolute atomic E-state index is 0.131. The number of carbonyl (C=O) groups excluding carboxylic acids is 1. The van der Waals surface area contributed by atoms with Gasteiger partial charge in [0, 0.05) is 17.5 Å². The Bertz CT molecular complexity index is 1090. The summed E-state index contributed by atoms with van der Waals surface area (Å²) in [7, 11) is 1.64. The van der Waals surface area contributed by atoms with E-state index in [1.165, 1.54) is 11.8 Å². The molecule has 2 aromatic carbocycles. The lowest BCUT2D eigenvalue weighted by Gasteiger charge is -2.21. The first kappa shape index (κ1) is 20.2. The second kappa shape index (κ2) is 9.15. The Balaban J connectivity index is 1.84. The van der Waals surface area contributed by atoms with E-state index < -0.39 is 0 Å². The third-order valence-corrected chi connectivity index (χ3v) is 6.62. The van der Waals surface area contributed by atoms with E-state index in [0.29, 0.717) is 17.0 Å². The molecule has 0 radical (unpaired) electrons. The summed E-state index contributed by atoms with van der Waals surface area (Å²) in [6, 6.07) is 21.9. The zero-order chi connectivity index (χ0) is 20.9. The number of benzene rings is 2. The van der Waals surface area contributed by atoms with E-state index in [4.69, 9.17) is 9.72 Å². The summed E-state index contributed by atoms with van der Waals surface area (Å²) in [6.07, 6.45) is 3.44. The molecule has 1 aliphatic carbocycles. The molecule has 0 aliphatic heterocycles. The number of nitrogens with zero attached hydrogens (tertiary/aromatic N) is 2. The van der Waals surface area contributed by atoms with Crippen LogP contribution >= 0.6 is 11.8 Å². The highest BCUT2D eigenvalue weighted by Gasteiger charge is 2.26. The molecule has 1 saturated carbocycles. The fourth-order valence-corrected chi connectivity index (χ4v) is 4.91. The minimum Gasteiger partial charge on any atom is -0.497 e. The number of nitriles is 1. The monoisotopic (exact) mass is 414 g/mol. The van der Waals surface area contributed by atoms with Crippen molar-refractivity contribution in [3.63, 3.8) is 0 Å². The van der Waals surface area contributed by atoms with Crippen LogP contribution in [0.15, 0.2) is 65.7 Å². The van der Waals surface area contributed by atoms with E-state index in [-0.39, 0.29) is 11.0 Å². The minimum atomic E-state index is -0.131. The van der Waals surface area contributed by atoms with Crippen molar-refractivity contribution < 1.29 is 9.53 Å². The Labute approximate surface area is 180 Å². The van der Waals surface area contributed by atoms with Crippen LogP contribution < -0.4 is 4.74 Å². The Morgan fingerprint density at radius 2 is 1.83 bits per heavy atom. The van der Waals surface area contributed by atoms with Crippen molar-refractivity contribution in [1.29, 1.82) is 5.26 Å². The summed E-state index contributed by atoms with van der Waals surface area (Å²) in [4.78, 5) is 17.3. The quantitative estimate of drug-likeness (QED) is 0.520. The van der Waals surface area contributed by atoms with Crippen molar-refractivity contribution in [3.8, 4) is 34.2 Å². The summed E-state index contributed by atoms with van der Waals surface area (Å²) in [5.74, 6) is 1.03. The Morgan fingerprint density at radius 3 is 2.50 bits per heavy atom. The number of pyridine rings is 1. The standard InChI is InChI=1S/C25H22N2O2S/c1-29-19-13-11-18(12-14-19)22-15-20(17-7-3-2-4-8-17)21(16-26)25(27-22)30-24-10-6-5-9-23(24)28/h2-4,7-8,11-15,24H,5-6,9-10H2,1H3/t24-/m0/s1. The topological polar surface area (TPSA) is 63.0 Å². The molecule has 3 aromatic rings. The maximum atomic E-state index is 12.4. The normalized spacial score (nSPS) is 16.1. The van der Waals surface area contributed by atoms with Crippen LogP contribution in [0.25, 0.3) is 22.4 Å². The summed E-state index contributed by atoms with van der Waals surface area (Å²) in [6.45, 7) is 0. The van der Waals surface area contributed by atoms with Crippen molar-refractivity contribution in [1.82, 2.24) is 4.98 Å². The van der Waals surface area contributed by atoms with Gasteiger partial charge in [-0.15, -0.1) is 0 Å². The number of ether oxygens (including phenoxy) is 1. The van der Waals surface area contributed by atoms with Crippen molar-refractivity contribution >= 4 is 17.5 Å². The molecule has 0 bridgehead atoms. The summed E-state index contributed by atoms with van der Waals surface area (Å²) in [5.41, 5.74) is 4.05. The molecule has 1 aromatic heterocycles. The van der Waals surface area contributed by atoms with Gasteiger partial charge in [-0.1, -0.05) is 48.5 Å². The molecular weight excluding hydrogens is 392 g/mol. The molecule has 30 heavy (non-hydrogen) atoms. The first-order valence-electron chi connectivity index (χ1n) is 10.0. The summed E-state index contributed by atoms with van der Waals surface area (Å²) >= 11 is 1.44.